The predicted octanol–water partition coefficient (Wildman–Crippen LogP) is 4.18. The number of pyridine rings is 1. The third-order valence-corrected chi connectivity index (χ3v) is 4.51. The van der Waals surface area contributed by atoms with Gasteiger partial charge in [-0.25, -0.2) is 0 Å². The van der Waals surface area contributed by atoms with Gasteiger partial charge in [0.05, 0.1) is 11.2 Å². The highest BCUT2D eigenvalue weighted by molar-refractivity contribution is 6.01. The fourth-order valence-corrected chi connectivity index (χ4v) is 3.01. The van der Waals surface area contributed by atoms with Crippen molar-refractivity contribution in [3.05, 3.63) is 66.4 Å². The van der Waals surface area contributed by atoms with E-state index in [2.05, 4.69) is 17.2 Å². The summed E-state index contributed by atoms with van der Waals surface area (Å²) in [5, 5.41) is 3.88. The van der Waals surface area contributed by atoms with Crippen molar-refractivity contribution in [3.8, 4) is 0 Å². The average molecular weight is 361 g/mol. The molecule has 0 bridgehead atoms. The van der Waals surface area contributed by atoms with E-state index in [1.165, 1.54) is 12.5 Å². The Morgan fingerprint density at radius 2 is 1.78 bits per heavy atom. The summed E-state index contributed by atoms with van der Waals surface area (Å²) >= 11 is 0. The Bertz CT molecular complexity index is 946. The number of hydrogen-bond acceptors (Lipinski definition) is 3. The molecule has 0 spiro atoms. The first-order valence-electron chi connectivity index (χ1n) is 9.09. The Balaban J connectivity index is 1.68. The molecule has 27 heavy (non-hydrogen) atoms. The van der Waals surface area contributed by atoms with Crippen LogP contribution in [0, 0.1) is 0 Å². The molecule has 2 aromatic carbocycles. The summed E-state index contributed by atoms with van der Waals surface area (Å²) in [5.41, 5.74) is 3.45. The Hall–Kier alpha value is -3.21. The van der Waals surface area contributed by atoms with E-state index in [4.69, 9.17) is 0 Å². The number of benzene rings is 2. The van der Waals surface area contributed by atoms with Gasteiger partial charge >= 0.3 is 0 Å². The highest BCUT2D eigenvalue weighted by Crippen LogP contribution is 2.21. The van der Waals surface area contributed by atoms with Crippen LogP contribution in [0.4, 0.5) is 11.4 Å². The second-order valence-corrected chi connectivity index (χ2v) is 6.37. The first-order valence-corrected chi connectivity index (χ1v) is 9.09. The van der Waals surface area contributed by atoms with Crippen molar-refractivity contribution in [2.75, 3.05) is 16.8 Å². The fraction of sp³-hybridized carbons (Fsp3) is 0.227. The van der Waals surface area contributed by atoms with Gasteiger partial charge in [0.25, 0.3) is 0 Å². The number of fused-ring (bicyclic) bond motifs is 1. The second-order valence-electron chi connectivity index (χ2n) is 6.37. The monoisotopic (exact) mass is 361 g/mol. The summed E-state index contributed by atoms with van der Waals surface area (Å²) < 4.78 is 0. The summed E-state index contributed by atoms with van der Waals surface area (Å²) in [7, 11) is 0. The molecule has 138 valence electrons. The average Bonchev–Trinajstić information content (AvgIpc) is 2.68. The largest absolute Gasteiger partial charge is 0.324 e. The molecule has 0 atom stereocenters. The molecule has 0 unspecified atom stereocenters. The Morgan fingerprint density at radius 3 is 2.48 bits per heavy atom. The van der Waals surface area contributed by atoms with Crippen LogP contribution in [0.25, 0.3) is 10.9 Å². The van der Waals surface area contributed by atoms with E-state index in [0.29, 0.717) is 12.2 Å². The third-order valence-electron chi connectivity index (χ3n) is 4.51. The van der Waals surface area contributed by atoms with Crippen LogP contribution in [0.2, 0.25) is 0 Å². The molecule has 1 N–H and O–H groups in total. The number of aryl methyl sites for hydroxylation is 1. The molecular formula is C22H23N3O2. The first kappa shape index (κ1) is 18.6. The molecule has 1 aromatic heterocycles. The molecule has 0 aliphatic rings. The lowest BCUT2D eigenvalue weighted by atomic mass is 10.1. The Kier molecular flexibility index (Phi) is 5.81. The van der Waals surface area contributed by atoms with Crippen LogP contribution in [-0.4, -0.2) is 23.3 Å². The van der Waals surface area contributed by atoms with Crippen LogP contribution >= 0.6 is 0 Å². The van der Waals surface area contributed by atoms with Crippen molar-refractivity contribution >= 4 is 34.1 Å². The number of carbonyl (C=O) groups is 2. The molecule has 0 aliphatic heterocycles. The van der Waals surface area contributed by atoms with Crippen molar-refractivity contribution in [3.63, 3.8) is 0 Å². The lowest BCUT2D eigenvalue weighted by molar-refractivity contribution is -0.117. The van der Waals surface area contributed by atoms with E-state index in [1.54, 1.807) is 11.1 Å². The van der Waals surface area contributed by atoms with Crippen molar-refractivity contribution in [2.24, 2.45) is 0 Å². The Morgan fingerprint density at radius 1 is 1.04 bits per heavy atom. The molecule has 0 fully saturated rings. The quantitative estimate of drug-likeness (QED) is 0.716. The number of aromatic nitrogens is 1. The van der Waals surface area contributed by atoms with Gasteiger partial charge in [-0.2, -0.15) is 0 Å². The first-order chi connectivity index (χ1) is 13.1. The van der Waals surface area contributed by atoms with Crippen LogP contribution < -0.4 is 10.2 Å². The zero-order valence-electron chi connectivity index (χ0n) is 15.6. The van der Waals surface area contributed by atoms with Gasteiger partial charge < -0.3 is 10.2 Å². The summed E-state index contributed by atoms with van der Waals surface area (Å²) in [4.78, 5) is 30.4. The number of nitrogens with zero attached hydrogens (tertiary/aromatic N) is 2. The van der Waals surface area contributed by atoms with Crippen LogP contribution in [0.5, 0.6) is 0 Å². The number of amides is 2. The van der Waals surface area contributed by atoms with Crippen molar-refractivity contribution in [2.45, 2.75) is 26.7 Å². The number of hydrogen-bond donors (Lipinski definition) is 1. The topological polar surface area (TPSA) is 62.3 Å². The number of nitrogens with one attached hydrogen (secondary N) is 1. The number of rotatable bonds is 6. The number of anilines is 2. The molecule has 3 rings (SSSR count). The minimum Gasteiger partial charge on any atom is -0.324 e. The zero-order valence-corrected chi connectivity index (χ0v) is 15.6. The molecule has 0 radical (unpaired) electrons. The summed E-state index contributed by atoms with van der Waals surface area (Å²) in [5.74, 6) is -0.233. The van der Waals surface area contributed by atoms with Crippen LogP contribution in [0.1, 0.15) is 25.8 Å². The molecule has 5 nitrogen and oxygen atoms in total. The highest BCUT2D eigenvalue weighted by Gasteiger charge is 2.14. The summed E-state index contributed by atoms with van der Waals surface area (Å²) in [6.07, 6.45) is 2.86. The summed E-state index contributed by atoms with van der Waals surface area (Å²) in [6.45, 7) is 3.93. The van der Waals surface area contributed by atoms with Crippen molar-refractivity contribution in [1.82, 2.24) is 4.98 Å². The van der Waals surface area contributed by atoms with Gasteiger partial charge in [-0.3, -0.25) is 14.6 Å². The molecule has 3 aromatic rings. The third kappa shape index (κ3) is 4.50. The van der Waals surface area contributed by atoms with Gasteiger partial charge in [0.2, 0.25) is 11.8 Å². The summed E-state index contributed by atoms with van der Waals surface area (Å²) in [6, 6.07) is 17.4. The molecule has 1 heterocycles. The molecule has 0 aliphatic carbocycles. The molecule has 2 amide bonds. The van der Waals surface area contributed by atoms with E-state index < -0.39 is 0 Å². The van der Waals surface area contributed by atoms with E-state index in [-0.39, 0.29) is 18.2 Å². The molecule has 0 saturated carbocycles. The predicted molar refractivity (Wildman–Crippen MR) is 109 cm³/mol. The smallest absolute Gasteiger partial charge is 0.226 e. The lowest BCUT2D eigenvalue weighted by Gasteiger charge is -2.21. The fourth-order valence-electron chi connectivity index (χ4n) is 3.01. The number of carbonyl (C=O) groups excluding carboxylic acids is 2. The van der Waals surface area contributed by atoms with Gasteiger partial charge in [0, 0.05) is 37.2 Å². The zero-order chi connectivity index (χ0) is 19.2. The van der Waals surface area contributed by atoms with Crippen molar-refractivity contribution in [1.29, 1.82) is 0 Å². The standard InChI is InChI=1S/C22H23N3O2/c1-3-17-9-11-19(12-10-17)25(16(2)26)15-13-21(27)24-20-8-4-6-18-7-5-14-23-22(18)20/h4-12,14H,3,13,15H2,1-2H3,(H,24,27). The lowest BCUT2D eigenvalue weighted by Crippen LogP contribution is -2.32. The Labute approximate surface area is 159 Å². The number of para-hydroxylation sites is 1. The van der Waals surface area contributed by atoms with Gasteiger partial charge in [0.15, 0.2) is 0 Å². The molecule has 5 heteroatoms. The van der Waals surface area contributed by atoms with E-state index >= 15 is 0 Å². The maximum atomic E-state index is 12.4. The highest BCUT2D eigenvalue weighted by atomic mass is 16.2. The van der Waals surface area contributed by atoms with Gasteiger partial charge in [-0.05, 0) is 36.2 Å². The van der Waals surface area contributed by atoms with E-state index in [0.717, 1.165) is 23.0 Å². The maximum Gasteiger partial charge on any atom is 0.226 e. The van der Waals surface area contributed by atoms with Crippen LogP contribution in [0.3, 0.4) is 0 Å². The molecule has 0 saturated heterocycles. The van der Waals surface area contributed by atoms with Crippen LogP contribution in [0.15, 0.2) is 60.8 Å². The normalized spacial score (nSPS) is 10.6. The van der Waals surface area contributed by atoms with E-state index in [1.807, 2.05) is 54.6 Å². The minimum atomic E-state index is -0.149. The van der Waals surface area contributed by atoms with Gasteiger partial charge in [-0.15, -0.1) is 0 Å². The minimum absolute atomic E-state index is 0.0844. The van der Waals surface area contributed by atoms with Crippen LogP contribution in [-0.2, 0) is 16.0 Å². The van der Waals surface area contributed by atoms with Gasteiger partial charge in [-0.1, -0.05) is 37.3 Å². The van der Waals surface area contributed by atoms with Crippen molar-refractivity contribution < 1.29 is 9.59 Å². The maximum absolute atomic E-state index is 12.4. The molecular weight excluding hydrogens is 338 g/mol. The second kappa shape index (κ2) is 8.45. The van der Waals surface area contributed by atoms with Gasteiger partial charge in [0.1, 0.15) is 0 Å². The SMILES string of the molecule is CCc1ccc(N(CCC(=O)Nc2cccc3cccnc23)C(C)=O)cc1. The van der Waals surface area contributed by atoms with E-state index in [9.17, 15) is 9.59 Å².